The lowest BCUT2D eigenvalue weighted by molar-refractivity contribution is -0.138. The van der Waals surface area contributed by atoms with E-state index in [4.69, 9.17) is 10.8 Å². The lowest BCUT2D eigenvalue weighted by Gasteiger charge is -2.23. The number of carbonyl (C=O) groups is 6. The summed E-state index contributed by atoms with van der Waals surface area (Å²) in [5.41, 5.74) is 5.46. The Morgan fingerprint density at radius 2 is 1.14 bits per heavy atom. The average Bonchev–Trinajstić information content (AvgIpc) is 2.84. The molecule has 0 heterocycles. The molecule has 0 fully saturated rings. The van der Waals surface area contributed by atoms with Gasteiger partial charge in [-0.1, -0.05) is 20.3 Å². The number of carboxylic acids is 1. The molecule has 0 aromatic carbocycles. The van der Waals surface area contributed by atoms with Gasteiger partial charge in [-0.15, -0.1) is 0 Å². The average molecular weight is 531 g/mol. The number of unbranched alkanes of at least 4 members (excludes halogenated alkanes) is 1. The number of Topliss-reactive ketones (excluding diaryl/α,β-unsaturated/α-hetero) is 1. The number of rotatable bonds is 17. The zero-order chi connectivity index (χ0) is 29.1. The molecule has 0 saturated carbocycles. The third-order valence-corrected chi connectivity index (χ3v) is 5.32. The Kier molecular flexibility index (Phi) is 19.6. The van der Waals surface area contributed by atoms with E-state index in [0.717, 1.165) is 12.8 Å². The van der Waals surface area contributed by atoms with Gasteiger partial charge in [0.05, 0.1) is 12.1 Å². The van der Waals surface area contributed by atoms with Gasteiger partial charge < -0.3 is 37.4 Å². The molecule has 0 bridgehead atoms. The van der Waals surface area contributed by atoms with Crippen LogP contribution in [0.2, 0.25) is 0 Å². The van der Waals surface area contributed by atoms with E-state index in [1.165, 1.54) is 27.7 Å². The van der Waals surface area contributed by atoms with Gasteiger partial charge in [0.1, 0.15) is 18.1 Å². The number of hydrogen-bond acceptors (Lipinski definition) is 8. The van der Waals surface area contributed by atoms with Gasteiger partial charge in [0.2, 0.25) is 23.6 Å². The molecular weight excluding hydrogens is 484 g/mol. The van der Waals surface area contributed by atoms with Crippen LogP contribution in [0.4, 0.5) is 0 Å². The van der Waals surface area contributed by atoms with Gasteiger partial charge in [0, 0.05) is 6.42 Å². The van der Waals surface area contributed by atoms with Crippen LogP contribution in [-0.4, -0.2) is 84.3 Å². The standard InChI is InChI=1S/C22H40N6O7.C2H6/c1-12(25-20(33)13(2)27-22(35)17(24-5)8-6-7-11-23)19(32)26-14(3)21(34)28-16(15(4)29)9-10-18(30)31;1-2/h12-14,16-17,24H,6-11,23H2,1-5H3,(H,25,33)(H,26,32)(H,27,35)(H,28,34)(H,30,31);1-2H3. The number of carbonyl (C=O) groups excluding carboxylic acids is 5. The van der Waals surface area contributed by atoms with Crippen LogP contribution in [0, 0.1) is 0 Å². The van der Waals surface area contributed by atoms with Crippen molar-refractivity contribution in [2.75, 3.05) is 13.6 Å². The Hall–Kier alpha value is -3.06. The maximum absolute atomic E-state index is 12.4. The second-order valence-electron chi connectivity index (χ2n) is 8.42. The van der Waals surface area contributed by atoms with Crippen LogP contribution in [0.5, 0.6) is 0 Å². The summed E-state index contributed by atoms with van der Waals surface area (Å²) in [5.74, 6) is -3.77. The van der Waals surface area contributed by atoms with Crippen molar-refractivity contribution >= 4 is 35.4 Å². The Labute approximate surface area is 219 Å². The summed E-state index contributed by atoms with van der Waals surface area (Å²) in [6.07, 6.45) is 1.72. The van der Waals surface area contributed by atoms with E-state index in [0.29, 0.717) is 13.0 Å². The minimum absolute atomic E-state index is 0.0748. The Bertz CT molecular complexity index is 762. The van der Waals surface area contributed by atoms with Crippen molar-refractivity contribution in [1.82, 2.24) is 26.6 Å². The van der Waals surface area contributed by atoms with Crippen molar-refractivity contribution in [2.24, 2.45) is 5.73 Å². The molecule has 214 valence electrons. The molecule has 13 nitrogen and oxygen atoms in total. The lowest BCUT2D eigenvalue weighted by Crippen LogP contribution is -2.56. The van der Waals surface area contributed by atoms with E-state index in [1.807, 2.05) is 13.8 Å². The molecule has 13 heteroatoms. The fraction of sp³-hybridized carbons (Fsp3) is 0.750. The van der Waals surface area contributed by atoms with E-state index in [1.54, 1.807) is 7.05 Å². The number of ketones is 1. The quantitative estimate of drug-likeness (QED) is 0.117. The Balaban J connectivity index is 0. The van der Waals surface area contributed by atoms with Crippen LogP contribution in [0.3, 0.4) is 0 Å². The SMILES string of the molecule is CC.CNC(CCCCN)C(=O)NC(C)C(=O)NC(C)C(=O)NC(C)C(=O)NC(CCC(=O)O)C(C)=O. The summed E-state index contributed by atoms with van der Waals surface area (Å²) in [4.78, 5) is 71.9. The number of aliphatic carboxylic acids is 1. The van der Waals surface area contributed by atoms with Crippen LogP contribution in [0.15, 0.2) is 0 Å². The predicted octanol–water partition coefficient (Wildman–Crippen LogP) is -0.818. The van der Waals surface area contributed by atoms with Crippen molar-refractivity contribution in [2.45, 2.75) is 104 Å². The Morgan fingerprint density at radius 3 is 1.51 bits per heavy atom. The van der Waals surface area contributed by atoms with Crippen LogP contribution >= 0.6 is 0 Å². The van der Waals surface area contributed by atoms with Crippen LogP contribution < -0.4 is 32.3 Å². The maximum atomic E-state index is 12.4. The summed E-state index contributed by atoms with van der Waals surface area (Å²) in [6.45, 7) is 10.0. The molecule has 8 N–H and O–H groups in total. The first-order valence-corrected chi connectivity index (χ1v) is 12.6. The van der Waals surface area contributed by atoms with E-state index < -0.39 is 59.7 Å². The molecule has 0 saturated heterocycles. The van der Waals surface area contributed by atoms with E-state index >= 15 is 0 Å². The topological polar surface area (TPSA) is 209 Å². The van der Waals surface area contributed by atoms with Gasteiger partial charge in [-0.2, -0.15) is 0 Å². The molecule has 5 atom stereocenters. The maximum Gasteiger partial charge on any atom is 0.303 e. The third-order valence-electron chi connectivity index (χ3n) is 5.32. The second kappa shape index (κ2) is 20.0. The zero-order valence-corrected chi connectivity index (χ0v) is 23.1. The minimum Gasteiger partial charge on any atom is -0.481 e. The highest BCUT2D eigenvalue weighted by Crippen LogP contribution is 2.02. The van der Waals surface area contributed by atoms with Gasteiger partial charge in [0.25, 0.3) is 0 Å². The molecule has 0 aromatic rings. The van der Waals surface area contributed by atoms with Crippen LogP contribution in [-0.2, 0) is 28.8 Å². The first kappa shape index (κ1) is 36.1. The summed E-state index contributed by atoms with van der Waals surface area (Å²) >= 11 is 0. The third kappa shape index (κ3) is 15.6. The molecule has 4 amide bonds. The molecule has 0 rings (SSSR count). The van der Waals surface area contributed by atoms with Gasteiger partial charge in [-0.3, -0.25) is 28.8 Å². The van der Waals surface area contributed by atoms with Gasteiger partial charge >= 0.3 is 5.97 Å². The number of nitrogens with two attached hydrogens (primary N) is 1. The molecule has 0 aliphatic rings. The fourth-order valence-corrected chi connectivity index (χ4v) is 3.03. The lowest BCUT2D eigenvalue weighted by atomic mass is 10.1. The molecule has 0 aliphatic heterocycles. The van der Waals surface area contributed by atoms with Gasteiger partial charge in [-0.05, 0) is 60.5 Å². The summed E-state index contributed by atoms with van der Waals surface area (Å²) in [7, 11) is 1.64. The molecule has 5 unspecified atom stereocenters. The summed E-state index contributed by atoms with van der Waals surface area (Å²) in [5, 5.41) is 21.6. The first-order valence-electron chi connectivity index (χ1n) is 12.6. The van der Waals surface area contributed by atoms with Crippen molar-refractivity contribution in [3.8, 4) is 0 Å². The molecule has 37 heavy (non-hydrogen) atoms. The fourth-order valence-electron chi connectivity index (χ4n) is 3.03. The van der Waals surface area contributed by atoms with Crippen molar-refractivity contribution in [1.29, 1.82) is 0 Å². The molecular formula is C24H46N6O7. The number of nitrogens with one attached hydrogen (secondary N) is 5. The summed E-state index contributed by atoms with van der Waals surface area (Å²) < 4.78 is 0. The minimum atomic E-state index is -1.10. The second-order valence-corrected chi connectivity index (χ2v) is 8.42. The Morgan fingerprint density at radius 1 is 0.703 bits per heavy atom. The highest BCUT2D eigenvalue weighted by atomic mass is 16.4. The van der Waals surface area contributed by atoms with Crippen molar-refractivity contribution in [3.63, 3.8) is 0 Å². The van der Waals surface area contributed by atoms with E-state index in [-0.39, 0.29) is 18.7 Å². The number of amides is 4. The van der Waals surface area contributed by atoms with Crippen LogP contribution in [0.25, 0.3) is 0 Å². The number of carboxylic acid groups (broad SMARTS) is 1. The zero-order valence-electron chi connectivity index (χ0n) is 23.1. The predicted molar refractivity (Wildman–Crippen MR) is 139 cm³/mol. The largest absolute Gasteiger partial charge is 0.481 e. The van der Waals surface area contributed by atoms with E-state index in [9.17, 15) is 28.8 Å². The van der Waals surface area contributed by atoms with Crippen molar-refractivity contribution < 1.29 is 33.9 Å². The monoisotopic (exact) mass is 530 g/mol. The molecule has 0 radical (unpaired) electrons. The smallest absolute Gasteiger partial charge is 0.303 e. The number of hydrogen-bond donors (Lipinski definition) is 7. The molecule has 0 aliphatic carbocycles. The highest BCUT2D eigenvalue weighted by Gasteiger charge is 2.27. The van der Waals surface area contributed by atoms with Crippen molar-refractivity contribution in [3.05, 3.63) is 0 Å². The van der Waals surface area contributed by atoms with Gasteiger partial charge in [-0.25, -0.2) is 0 Å². The highest BCUT2D eigenvalue weighted by molar-refractivity contribution is 5.95. The van der Waals surface area contributed by atoms with Gasteiger partial charge in [0.15, 0.2) is 5.78 Å². The molecule has 0 spiro atoms. The van der Waals surface area contributed by atoms with Crippen LogP contribution in [0.1, 0.15) is 73.6 Å². The first-order chi connectivity index (χ1) is 17.3. The molecule has 0 aromatic heterocycles. The van der Waals surface area contributed by atoms with E-state index in [2.05, 4.69) is 26.6 Å². The normalized spacial score (nSPS) is 14.4. The summed E-state index contributed by atoms with van der Waals surface area (Å²) in [6, 6.07) is -4.44. The number of likely N-dealkylation sites (N-methyl/N-ethyl adjacent to an activating group) is 1.